The summed E-state index contributed by atoms with van der Waals surface area (Å²) in [5, 5.41) is 10.6. The molecule has 1 aromatic heterocycles. The molecule has 0 saturated heterocycles. The number of imidazole rings is 1. The predicted octanol–water partition coefficient (Wildman–Crippen LogP) is 2.96. The molecule has 0 aliphatic heterocycles. The molecular formula is C21H27N2O3+. The van der Waals surface area contributed by atoms with Gasteiger partial charge in [-0.2, -0.15) is 0 Å². The Morgan fingerprint density at radius 3 is 2.42 bits per heavy atom. The standard InChI is InChI=1S/C21H27N2O3/c1-4-21-22(5-2)17-10-6-7-11-18(17)23(21)14-16(24)15-26-20-13-9-8-12-19(20)25-3/h6-13,16,24H,4-5,14-15H2,1-3H3/q+1/t16-/m1/s1. The van der Waals surface area contributed by atoms with E-state index < -0.39 is 6.10 Å². The van der Waals surface area contributed by atoms with Crippen LogP contribution in [0, 0.1) is 0 Å². The van der Waals surface area contributed by atoms with Crippen LogP contribution in [0.4, 0.5) is 0 Å². The monoisotopic (exact) mass is 355 g/mol. The molecule has 1 N–H and O–H groups in total. The van der Waals surface area contributed by atoms with E-state index >= 15 is 0 Å². The maximum atomic E-state index is 10.6. The highest BCUT2D eigenvalue weighted by Gasteiger charge is 2.24. The van der Waals surface area contributed by atoms with E-state index in [0.29, 0.717) is 18.0 Å². The number of hydrogen-bond donors (Lipinski definition) is 1. The van der Waals surface area contributed by atoms with Crippen LogP contribution in [-0.2, 0) is 19.5 Å². The van der Waals surface area contributed by atoms with Crippen LogP contribution in [-0.4, -0.2) is 29.5 Å². The van der Waals surface area contributed by atoms with Gasteiger partial charge in [-0.1, -0.05) is 31.2 Å². The first-order valence-electron chi connectivity index (χ1n) is 9.13. The Morgan fingerprint density at radius 1 is 1.04 bits per heavy atom. The van der Waals surface area contributed by atoms with Gasteiger partial charge < -0.3 is 14.6 Å². The molecule has 3 rings (SSSR count). The average molecular weight is 355 g/mol. The Kier molecular flexibility index (Phi) is 5.78. The lowest BCUT2D eigenvalue weighted by Gasteiger charge is -2.14. The Bertz CT molecular complexity index is 873. The highest BCUT2D eigenvalue weighted by Crippen LogP contribution is 2.25. The second kappa shape index (κ2) is 8.23. The summed E-state index contributed by atoms with van der Waals surface area (Å²) in [6, 6.07) is 15.8. The first kappa shape index (κ1) is 18.3. The highest BCUT2D eigenvalue weighted by atomic mass is 16.5. The smallest absolute Gasteiger partial charge is 0.257 e. The SMILES string of the molecule is CCc1n(CC)c2ccccc2[n+]1C[C@@H](O)COc1ccccc1OC. The number of nitrogens with zero attached hydrogens (tertiary/aromatic N) is 2. The fourth-order valence-corrected chi connectivity index (χ4v) is 3.47. The van der Waals surface area contributed by atoms with E-state index in [0.717, 1.165) is 18.5 Å². The third kappa shape index (κ3) is 3.53. The summed E-state index contributed by atoms with van der Waals surface area (Å²) in [5.74, 6) is 2.53. The second-order valence-electron chi connectivity index (χ2n) is 6.23. The maximum absolute atomic E-state index is 10.6. The van der Waals surface area contributed by atoms with Crippen LogP contribution in [0.3, 0.4) is 0 Å². The quantitative estimate of drug-likeness (QED) is 0.632. The first-order valence-corrected chi connectivity index (χ1v) is 9.13. The van der Waals surface area contributed by atoms with Crippen LogP contribution in [0.2, 0.25) is 0 Å². The Labute approximate surface area is 154 Å². The number of methoxy groups -OCH3 is 1. The average Bonchev–Trinajstić information content (AvgIpc) is 2.99. The third-order valence-corrected chi connectivity index (χ3v) is 4.61. The molecule has 0 unspecified atom stereocenters. The minimum Gasteiger partial charge on any atom is -0.493 e. The molecule has 0 bridgehead atoms. The van der Waals surface area contributed by atoms with Gasteiger partial charge in [0.1, 0.15) is 19.3 Å². The van der Waals surface area contributed by atoms with Crippen molar-refractivity contribution in [3.8, 4) is 11.5 Å². The van der Waals surface area contributed by atoms with E-state index in [4.69, 9.17) is 9.47 Å². The summed E-state index contributed by atoms with van der Waals surface area (Å²) >= 11 is 0. The molecule has 0 saturated carbocycles. The summed E-state index contributed by atoms with van der Waals surface area (Å²) in [6.07, 6.45) is 0.286. The molecule has 0 amide bonds. The summed E-state index contributed by atoms with van der Waals surface area (Å²) in [7, 11) is 1.61. The zero-order chi connectivity index (χ0) is 18.5. The van der Waals surface area contributed by atoms with Gasteiger partial charge in [-0.25, -0.2) is 9.13 Å². The molecule has 1 atom stereocenters. The third-order valence-electron chi connectivity index (χ3n) is 4.61. The van der Waals surface area contributed by atoms with Gasteiger partial charge in [-0.3, -0.25) is 0 Å². The number of ether oxygens (including phenoxy) is 2. The molecular weight excluding hydrogens is 328 g/mol. The molecule has 138 valence electrons. The number of aliphatic hydroxyl groups is 1. The van der Waals surface area contributed by atoms with Crippen LogP contribution in [0.15, 0.2) is 48.5 Å². The Morgan fingerprint density at radius 2 is 1.73 bits per heavy atom. The van der Waals surface area contributed by atoms with Gasteiger partial charge in [-0.15, -0.1) is 0 Å². The second-order valence-corrected chi connectivity index (χ2v) is 6.23. The van der Waals surface area contributed by atoms with E-state index in [-0.39, 0.29) is 6.61 Å². The van der Waals surface area contributed by atoms with Crippen LogP contribution in [0.1, 0.15) is 19.7 Å². The number of benzene rings is 2. The van der Waals surface area contributed by atoms with Crippen molar-refractivity contribution in [2.75, 3.05) is 13.7 Å². The van der Waals surface area contributed by atoms with Crippen molar-refractivity contribution in [2.45, 2.75) is 39.5 Å². The van der Waals surface area contributed by atoms with Crippen LogP contribution < -0.4 is 14.0 Å². The van der Waals surface area contributed by atoms with Crippen molar-refractivity contribution in [3.63, 3.8) is 0 Å². The van der Waals surface area contributed by atoms with Crippen LogP contribution in [0.25, 0.3) is 11.0 Å². The fourth-order valence-electron chi connectivity index (χ4n) is 3.47. The lowest BCUT2D eigenvalue weighted by molar-refractivity contribution is -0.686. The van der Waals surface area contributed by atoms with Crippen molar-refractivity contribution in [3.05, 3.63) is 54.4 Å². The fraction of sp³-hybridized carbons (Fsp3) is 0.381. The molecule has 0 radical (unpaired) electrons. The van der Waals surface area contributed by atoms with Crippen molar-refractivity contribution >= 4 is 11.0 Å². The van der Waals surface area contributed by atoms with Gasteiger partial charge in [-0.05, 0) is 31.2 Å². The molecule has 0 aliphatic rings. The number of hydrogen-bond acceptors (Lipinski definition) is 3. The number of rotatable bonds is 8. The van der Waals surface area contributed by atoms with Crippen molar-refractivity contribution in [1.29, 1.82) is 0 Å². The lowest BCUT2D eigenvalue weighted by atomic mass is 10.3. The van der Waals surface area contributed by atoms with Crippen molar-refractivity contribution in [1.82, 2.24) is 4.57 Å². The van der Waals surface area contributed by atoms with Gasteiger partial charge in [0.2, 0.25) is 0 Å². The maximum Gasteiger partial charge on any atom is 0.257 e. The molecule has 0 aliphatic carbocycles. The largest absolute Gasteiger partial charge is 0.493 e. The number of aryl methyl sites for hydroxylation is 1. The van der Waals surface area contributed by atoms with Crippen molar-refractivity contribution in [2.24, 2.45) is 0 Å². The number of aromatic nitrogens is 2. The zero-order valence-corrected chi connectivity index (χ0v) is 15.7. The summed E-state index contributed by atoms with van der Waals surface area (Å²) in [6.45, 7) is 5.91. The van der Waals surface area contributed by atoms with Crippen LogP contribution in [0.5, 0.6) is 11.5 Å². The number of aliphatic hydroxyl groups excluding tert-OH is 1. The first-order chi connectivity index (χ1) is 12.7. The Balaban J connectivity index is 1.80. The van der Waals surface area contributed by atoms with Gasteiger partial charge in [0, 0.05) is 6.42 Å². The zero-order valence-electron chi connectivity index (χ0n) is 15.7. The van der Waals surface area contributed by atoms with E-state index in [1.54, 1.807) is 7.11 Å². The molecule has 0 fully saturated rings. The normalized spacial score (nSPS) is 12.3. The highest BCUT2D eigenvalue weighted by molar-refractivity contribution is 5.72. The van der Waals surface area contributed by atoms with Gasteiger partial charge in [0.25, 0.3) is 5.82 Å². The lowest BCUT2D eigenvalue weighted by Crippen LogP contribution is -2.44. The molecule has 3 aromatic rings. The van der Waals surface area contributed by atoms with Crippen LogP contribution >= 0.6 is 0 Å². The summed E-state index contributed by atoms with van der Waals surface area (Å²) in [5.41, 5.74) is 2.34. The predicted molar refractivity (Wildman–Crippen MR) is 102 cm³/mol. The summed E-state index contributed by atoms with van der Waals surface area (Å²) in [4.78, 5) is 0. The van der Waals surface area contributed by atoms with E-state index in [2.05, 4.69) is 41.2 Å². The molecule has 1 heterocycles. The Hall–Kier alpha value is -2.53. The van der Waals surface area contributed by atoms with Gasteiger partial charge in [0.05, 0.1) is 13.7 Å². The number of para-hydroxylation sites is 4. The molecule has 26 heavy (non-hydrogen) atoms. The summed E-state index contributed by atoms with van der Waals surface area (Å²) < 4.78 is 15.6. The van der Waals surface area contributed by atoms with E-state index in [1.165, 1.54) is 11.3 Å². The van der Waals surface area contributed by atoms with E-state index in [9.17, 15) is 5.11 Å². The minimum atomic E-state index is -0.619. The molecule has 0 spiro atoms. The minimum absolute atomic E-state index is 0.210. The van der Waals surface area contributed by atoms with Crippen molar-refractivity contribution < 1.29 is 19.1 Å². The topological polar surface area (TPSA) is 47.5 Å². The molecule has 5 nitrogen and oxygen atoms in total. The molecule has 5 heteroatoms. The molecule has 2 aromatic carbocycles. The van der Waals surface area contributed by atoms with Gasteiger partial charge >= 0.3 is 0 Å². The number of fused-ring (bicyclic) bond motifs is 1. The van der Waals surface area contributed by atoms with E-state index in [1.807, 2.05) is 30.3 Å². The van der Waals surface area contributed by atoms with Gasteiger partial charge in [0.15, 0.2) is 22.5 Å².